The summed E-state index contributed by atoms with van der Waals surface area (Å²) < 4.78 is 2.49. The van der Waals surface area contributed by atoms with Crippen molar-refractivity contribution in [3.8, 4) is 0 Å². The summed E-state index contributed by atoms with van der Waals surface area (Å²) in [6, 6.07) is 0. The van der Waals surface area contributed by atoms with Crippen LogP contribution in [0.1, 0.15) is 59.3 Å². The fraction of sp³-hybridized carbons (Fsp3) is 0.786. The number of nitrogens with zero attached hydrogens (tertiary/aromatic N) is 1. The molecule has 1 nitrogen and oxygen atoms in total. The SMILES string of the molecule is CCC1(CC)C2=C(CCCC2)[N+](C)=C1C. The van der Waals surface area contributed by atoms with Gasteiger partial charge in [0.05, 0.1) is 5.41 Å². The van der Waals surface area contributed by atoms with Crippen LogP contribution in [-0.2, 0) is 0 Å². The summed E-state index contributed by atoms with van der Waals surface area (Å²) in [7, 11) is 2.27. The zero-order valence-corrected chi connectivity index (χ0v) is 10.7. The third-order valence-electron chi connectivity index (χ3n) is 4.82. The highest BCUT2D eigenvalue weighted by atomic mass is 15.0. The van der Waals surface area contributed by atoms with Crippen molar-refractivity contribution in [2.45, 2.75) is 59.3 Å². The van der Waals surface area contributed by atoms with Crippen molar-refractivity contribution in [3.63, 3.8) is 0 Å². The first kappa shape index (κ1) is 10.9. The van der Waals surface area contributed by atoms with Crippen molar-refractivity contribution in [1.29, 1.82) is 0 Å². The third-order valence-corrected chi connectivity index (χ3v) is 4.82. The van der Waals surface area contributed by atoms with E-state index in [-0.39, 0.29) is 0 Å². The van der Waals surface area contributed by atoms with E-state index in [0.717, 1.165) is 0 Å². The van der Waals surface area contributed by atoms with E-state index in [4.69, 9.17) is 0 Å². The fourth-order valence-electron chi connectivity index (χ4n) is 3.71. The van der Waals surface area contributed by atoms with Crippen molar-refractivity contribution in [2.24, 2.45) is 5.41 Å². The molecule has 0 aromatic carbocycles. The second-order valence-corrected chi connectivity index (χ2v) is 5.07. The standard InChI is InChI=1S/C14H24N/c1-5-14(6-2)11(3)15(4)13-10-8-7-9-12(13)14/h5-10H2,1-4H3/q+1. The summed E-state index contributed by atoms with van der Waals surface area (Å²) in [5.74, 6) is 0. The van der Waals surface area contributed by atoms with E-state index < -0.39 is 0 Å². The minimum absolute atomic E-state index is 0.421. The molecule has 0 atom stereocenters. The van der Waals surface area contributed by atoms with Gasteiger partial charge < -0.3 is 0 Å². The predicted molar refractivity (Wildman–Crippen MR) is 65.4 cm³/mol. The first-order valence-corrected chi connectivity index (χ1v) is 6.47. The van der Waals surface area contributed by atoms with Crippen LogP contribution in [0.2, 0.25) is 0 Å². The Morgan fingerprint density at radius 3 is 2.33 bits per heavy atom. The second kappa shape index (κ2) is 3.77. The molecule has 84 valence electrons. The lowest BCUT2D eigenvalue weighted by Crippen LogP contribution is -2.29. The quantitative estimate of drug-likeness (QED) is 0.606. The van der Waals surface area contributed by atoms with Gasteiger partial charge in [0.2, 0.25) is 0 Å². The molecule has 0 aromatic rings. The van der Waals surface area contributed by atoms with Gasteiger partial charge in [0.15, 0.2) is 11.4 Å². The van der Waals surface area contributed by atoms with Gasteiger partial charge in [0.25, 0.3) is 0 Å². The monoisotopic (exact) mass is 206 g/mol. The summed E-state index contributed by atoms with van der Waals surface area (Å²) >= 11 is 0. The van der Waals surface area contributed by atoms with Gasteiger partial charge in [0, 0.05) is 18.9 Å². The lowest BCUT2D eigenvalue weighted by atomic mass is 9.70. The van der Waals surface area contributed by atoms with Gasteiger partial charge in [-0.25, -0.2) is 4.58 Å². The summed E-state index contributed by atoms with van der Waals surface area (Å²) in [6.45, 7) is 7.04. The smallest absolute Gasteiger partial charge is 0.181 e. The van der Waals surface area contributed by atoms with Crippen molar-refractivity contribution < 1.29 is 4.58 Å². The Morgan fingerprint density at radius 2 is 1.73 bits per heavy atom. The van der Waals surface area contributed by atoms with Gasteiger partial charge in [-0.05, 0) is 32.1 Å². The minimum atomic E-state index is 0.421. The van der Waals surface area contributed by atoms with E-state index in [0.29, 0.717) is 5.41 Å². The molecule has 1 heterocycles. The number of rotatable bonds is 2. The zero-order valence-electron chi connectivity index (χ0n) is 10.7. The van der Waals surface area contributed by atoms with E-state index in [1.54, 1.807) is 17.0 Å². The van der Waals surface area contributed by atoms with E-state index in [2.05, 4.69) is 32.4 Å². The summed E-state index contributed by atoms with van der Waals surface area (Å²) in [6.07, 6.45) is 8.00. The lowest BCUT2D eigenvalue weighted by molar-refractivity contribution is -0.446. The normalized spacial score (nSPS) is 24.8. The first-order chi connectivity index (χ1) is 7.17. The van der Waals surface area contributed by atoms with Crippen LogP contribution < -0.4 is 0 Å². The average Bonchev–Trinajstić information content (AvgIpc) is 2.51. The van der Waals surface area contributed by atoms with Crippen molar-refractivity contribution in [1.82, 2.24) is 0 Å². The molecule has 2 aliphatic rings. The van der Waals surface area contributed by atoms with Crippen LogP contribution in [0.4, 0.5) is 0 Å². The maximum Gasteiger partial charge on any atom is 0.181 e. The third kappa shape index (κ3) is 1.32. The van der Waals surface area contributed by atoms with Crippen LogP contribution in [-0.4, -0.2) is 17.3 Å². The van der Waals surface area contributed by atoms with E-state index in [1.807, 2.05) is 0 Å². The van der Waals surface area contributed by atoms with Gasteiger partial charge in [-0.3, -0.25) is 0 Å². The highest BCUT2D eigenvalue weighted by molar-refractivity contribution is 5.89. The van der Waals surface area contributed by atoms with E-state index in [1.165, 1.54) is 38.5 Å². The Morgan fingerprint density at radius 1 is 1.13 bits per heavy atom. The highest BCUT2D eigenvalue weighted by Gasteiger charge is 2.48. The molecule has 0 saturated heterocycles. The maximum absolute atomic E-state index is 2.49. The fourth-order valence-corrected chi connectivity index (χ4v) is 3.71. The molecule has 0 saturated carbocycles. The number of hydrogen-bond acceptors (Lipinski definition) is 0. The predicted octanol–water partition coefficient (Wildman–Crippen LogP) is 3.74. The molecule has 0 aromatic heterocycles. The summed E-state index contributed by atoms with van der Waals surface area (Å²) in [5, 5.41) is 0. The summed E-state index contributed by atoms with van der Waals surface area (Å²) in [4.78, 5) is 0. The van der Waals surface area contributed by atoms with Crippen molar-refractivity contribution in [2.75, 3.05) is 7.05 Å². The molecule has 0 amide bonds. The first-order valence-electron chi connectivity index (χ1n) is 6.47. The molecule has 1 aliphatic carbocycles. The van der Waals surface area contributed by atoms with Crippen LogP contribution in [0.25, 0.3) is 0 Å². The average molecular weight is 206 g/mol. The van der Waals surface area contributed by atoms with Gasteiger partial charge in [-0.1, -0.05) is 13.8 Å². The largest absolute Gasteiger partial charge is 0.206 e. The highest BCUT2D eigenvalue weighted by Crippen LogP contribution is 2.47. The summed E-state index contributed by atoms with van der Waals surface area (Å²) in [5.41, 5.74) is 5.45. The van der Waals surface area contributed by atoms with Crippen LogP contribution in [0.15, 0.2) is 11.3 Å². The van der Waals surface area contributed by atoms with E-state index in [9.17, 15) is 0 Å². The van der Waals surface area contributed by atoms with Crippen molar-refractivity contribution >= 4 is 5.71 Å². The number of allylic oxidation sites excluding steroid dienone is 2. The Labute approximate surface area is 93.9 Å². The molecular weight excluding hydrogens is 182 g/mol. The molecule has 1 aliphatic heterocycles. The number of hydrogen-bond donors (Lipinski definition) is 0. The van der Waals surface area contributed by atoms with Gasteiger partial charge >= 0.3 is 0 Å². The lowest BCUT2D eigenvalue weighted by Gasteiger charge is -2.28. The van der Waals surface area contributed by atoms with Crippen LogP contribution in [0, 0.1) is 5.41 Å². The van der Waals surface area contributed by atoms with Crippen LogP contribution in [0.3, 0.4) is 0 Å². The van der Waals surface area contributed by atoms with Gasteiger partial charge in [0.1, 0.15) is 7.05 Å². The van der Waals surface area contributed by atoms with Gasteiger partial charge in [-0.2, -0.15) is 0 Å². The van der Waals surface area contributed by atoms with E-state index >= 15 is 0 Å². The molecule has 0 radical (unpaired) electrons. The van der Waals surface area contributed by atoms with Crippen LogP contribution >= 0.6 is 0 Å². The molecule has 0 N–H and O–H groups in total. The topological polar surface area (TPSA) is 3.01 Å². The molecule has 2 rings (SSSR count). The molecule has 15 heavy (non-hydrogen) atoms. The minimum Gasteiger partial charge on any atom is -0.206 e. The molecule has 0 spiro atoms. The Bertz CT molecular complexity index is 329. The Hall–Kier alpha value is -0.590. The molecule has 1 heteroatoms. The zero-order chi connectivity index (χ0) is 11.1. The molecule has 0 bridgehead atoms. The Balaban J connectivity index is 2.52. The Kier molecular flexibility index (Phi) is 2.74. The van der Waals surface area contributed by atoms with Crippen LogP contribution in [0.5, 0.6) is 0 Å². The molecular formula is C14H24N+. The van der Waals surface area contributed by atoms with Gasteiger partial charge in [-0.15, -0.1) is 0 Å². The second-order valence-electron chi connectivity index (χ2n) is 5.07. The maximum atomic E-state index is 2.49. The molecule has 0 fully saturated rings. The molecule has 0 unspecified atom stereocenters. The van der Waals surface area contributed by atoms with Crippen molar-refractivity contribution in [3.05, 3.63) is 11.3 Å².